The molecule has 0 spiro atoms. The van der Waals surface area contributed by atoms with Gasteiger partial charge in [-0.15, -0.1) is 0 Å². The van der Waals surface area contributed by atoms with Crippen LogP contribution in [0.1, 0.15) is 0 Å². The van der Waals surface area contributed by atoms with Crippen LogP contribution in [0.5, 0.6) is 6.01 Å². The summed E-state index contributed by atoms with van der Waals surface area (Å²) in [5.41, 5.74) is 10.5. The fourth-order valence-electron chi connectivity index (χ4n) is 0.436. The fourth-order valence-corrected chi connectivity index (χ4v) is 1.02. The number of aromatic amines is 1. The van der Waals surface area contributed by atoms with Crippen molar-refractivity contribution < 1.29 is 4.52 Å². The molecule has 0 aliphatic heterocycles. The van der Waals surface area contributed by atoms with Gasteiger partial charge in [-0.25, -0.2) is 4.98 Å². The van der Waals surface area contributed by atoms with Crippen molar-refractivity contribution in [2.24, 2.45) is 11.0 Å². The summed E-state index contributed by atoms with van der Waals surface area (Å²) in [5.74, 6) is 0. The van der Waals surface area contributed by atoms with Crippen molar-refractivity contribution in [3.05, 3.63) is 12.4 Å². The Morgan fingerprint density at radius 3 is 2.80 bits per heavy atom. The van der Waals surface area contributed by atoms with Gasteiger partial charge in [0.1, 0.15) is 0 Å². The summed E-state index contributed by atoms with van der Waals surface area (Å²) < 4.78 is 4.86. The summed E-state index contributed by atoms with van der Waals surface area (Å²) in [6.45, 7) is -2.61. The molecule has 0 saturated carbocycles. The predicted octanol–water partition coefficient (Wildman–Crippen LogP) is -0.0696. The van der Waals surface area contributed by atoms with Gasteiger partial charge in [0.2, 0.25) is 6.57 Å². The predicted molar refractivity (Wildman–Crippen MR) is 41.9 cm³/mol. The average Bonchev–Trinajstić information content (AvgIpc) is 2.12. The van der Waals surface area contributed by atoms with Gasteiger partial charge in [0.25, 0.3) is 6.01 Å². The van der Waals surface area contributed by atoms with E-state index in [0.717, 1.165) is 0 Å². The summed E-state index contributed by atoms with van der Waals surface area (Å²) in [5, 5.41) is 0. The lowest BCUT2D eigenvalue weighted by molar-refractivity contribution is 0.565. The van der Waals surface area contributed by atoms with Gasteiger partial charge < -0.3 is 9.51 Å². The quantitative estimate of drug-likeness (QED) is 0.551. The minimum Gasteiger partial charge on any atom is -0.409 e. The monoisotopic (exact) mass is 178 g/mol. The van der Waals surface area contributed by atoms with Crippen LogP contribution in [0.3, 0.4) is 0 Å². The van der Waals surface area contributed by atoms with Crippen LogP contribution in [0, 0.1) is 0 Å². The summed E-state index contributed by atoms with van der Waals surface area (Å²) in [6.07, 6.45) is 3.13. The molecule has 1 heterocycles. The van der Waals surface area contributed by atoms with Crippen molar-refractivity contribution in [2.75, 3.05) is 0 Å². The third-order valence-electron chi connectivity index (χ3n) is 0.702. The summed E-state index contributed by atoms with van der Waals surface area (Å²) in [4.78, 5) is 6.39. The molecule has 5 N–H and O–H groups in total. The Balaban J connectivity index is 2.66. The fraction of sp³-hybridized carbons (Fsp3) is 0. The highest BCUT2D eigenvalue weighted by atomic mass is 32.4. The van der Waals surface area contributed by atoms with Crippen LogP contribution >= 0.6 is 6.57 Å². The Hall–Kier alpha value is -0.420. The van der Waals surface area contributed by atoms with Crippen molar-refractivity contribution in [3.63, 3.8) is 0 Å². The molecule has 56 valence electrons. The van der Waals surface area contributed by atoms with Crippen molar-refractivity contribution in [3.8, 4) is 6.01 Å². The van der Waals surface area contributed by atoms with Gasteiger partial charge in [-0.05, 0) is 11.8 Å². The molecule has 10 heavy (non-hydrogen) atoms. The number of nitrogens with one attached hydrogen (secondary N) is 1. The highest BCUT2D eigenvalue weighted by Gasteiger charge is 2.05. The summed E-state index contributed by atoms with van der Waals surface area (Å²) >= 11 is 4.62. The van der Waals surface area contributed by atoms with E-state index in [4.69, 9.17) is 15.5 Å². The highest BCUT2D eigenvalue weighted by Crippen LogP contribution is 2.27. The van der Waals surface area contributed by atoms with Gasteiger partial charge in [0, 0.05) is 12.4 Å². The van der Waals surface area contributed by atoms with Crippen LogP contribution in [0.15, 0.2) is 12.4 Å². The number of aromatic nitrogens is 2. The summed E-state index contributed by atoms with van der Waals surface area (Å²) in [6, 6.07) is 0.272. The number of hydrogen-bond acceptors (Lipinski definition) is 3. The largest absolute Gasteiger partial charge is 0.409 e. The Morgan fingerprint density at radius 1 is 1.70 bits per heavy atom. The molecule has 0 unspecified atom stereocenters. The van der Waals surface area contributed by atoms with Crippen LogP contribution in [-0.4, -0.2) is 9.97 Å². The second-order valence-electron chi connectivity index (χ2n) is 1.63. The van der Waals surface area contributed by atoms with Gasteiger partial charge >= 0.3 is 0 Å². The molecule has 0 saturated heterocycles. The van der Waals surface area contributed by atoms with Crippen molar-refractivity contribution in [2.45, 2.75) is 0 Å². The molecule has 7 heteroatoms. The van der Waals surface area contributed by atoms with E-state index >= 15 is 0 Å². The number of H-pyrrole nitrogens is 1. The Bertz CT molecular complexity index is 241. The highest BCUT2D eigenvalue weighted by molar-refractivity contribution is 8.10. The number of nitrogens with zero attached hydrogens (tertiary/aromatic N) is 1. The summed E-state index contributed by atoms with van der Waals surface area (Å²) in [7, 11) is 0. The van der Waals surface area contributed by atoms with E-state index < -0.39 is 6.57 Å². The standard InChI is InChI=1S/C3H7N4OPS/c4-9(5,10)8-3-6-1-2-7-3/h1-2H,(H,6,7)(H4,4,5,10). The molecule has 1 aromatic heterocycles. The molecule has 0 fully saturated rings. The molecule has 0 aliphatic rings. The first-order chi connectivity index (χ1) is 4.58. The molecular formula is C3H7N4OPS. The number of rotatable bonds is 2. The van der Waals surface area contributed by atoms with Crippen LogP contribution in [0.4, 0.5) is 0 Å². The molecule has 5 nitrogen and oxygen atoms in total. The lowest BCUT2D eigenvalue weighted by Crippen LogP contribution is -2.10. The van der Waals surface area contributed by atoms with Crippen LogP contribution < -0.4 is 15.5 Å². The second kappa shape index (κ2) is 2.67. The zero-order valence-corrected chi connectivity index (χ0v) is 6.73. The number of imidazole rings is 1. The van der Waals surface area contributed by atoms with Crippen molar-refractivity contribution >= 4 is 18.4 Å². The number of hydrogen-bond donors (Lipinski definition) is 3. The molecule has 0 amide bonds. The molecule has 0 atom stereocenters. The number of nitrogens with two attached hydrogens (primary N) is 2. The van der Waals surface area contributed by atoms with E-state index in [-0.39, 0.29) is 6.01 Å². The van der Waals surface area contributed by atoms with E-state index in [1.807, 2.05) is 0 Å². The average molecular weight is 178 g/mol. The van der Waals surface area contributed by atoms with Gasteiger partial charge in [-0.2, -0.15) is 0 Å². The maximum atomic E-state index is 5.25. The van der Waals surface area contributed by atoms with E-state index in [1.165, 1.54) is 6.20 Å². The Morgan fingerprint density at radius 2 is 2.40 bits per heavy atom. The smallest absolute Gasteiger partial charge is 0.298 e. The molecule has 1 aromatic rings. The Kier molecular flexibility index (Phi) is 2.05. The minimum absolute atomic E-state index is 0.272. The zero-order valence-electron chi connectivity index (χ0n) is 5.02. The molecule has 1 rings (SSSR count). The van der Waals surface area contributed by atoms with Crippen LogP contribution in [-0.2, 0) is 11.8 Å². The third kappa shape index (κ3) is 2.45. The SMILES string of the molecule is NP(N)(=S)Oc1ncc[nH]1. The maximum absolute atomic E-state index is 5.25. The van der Waals surface area contributed by atoms with Gasteiger partial charge in [-0.1, -0.05) is 0 Å². The van der Waals surface area contributed by atoms with E-state index in [1.54, 1.807) is 6.20 Å². The lowest BCUT2D eigenvalue weighted by Gasteiger charge is -2.08. The topological polar surface area (TPSA) is 89.9 Å². The van der Waals surface area contributed by atoms with Gasteiger partial charge in [0.05, 0.1) is 0 Å². The Labute approximate surface area is 63.0 Å². The first-order valence-corrected chi connectivity index (χ1v) is 5.30. The molecule has 0 aliphatic carbocycles. The van der Waals surface area contributed by atoms with E-state index in [0.29, 0.717) is 0 Å². The van der Waals surface area contributed by atoms with E-state index in [2.05, 4.69) is 21.8 Å². The molecule has 0 radical (unpaired) electrons. The first-order valence-electron chi connectivity index (χ1n) is 2.44. The minimum atomic E-state index is -2.61. The maximum Gasteiger partial charge on any atom is 0.298 e. The van der Waals surface area contributed by atoms with Crippen LogP contribution in [0.2, 0.25) is 0 Å². The zero-order chi connectivity index (χ0) is 7.61. The molecular weight excluding hydrogens is 171 g/mol. The van der Waals surface area contributed by atoms with Gasteiger partial charge in [-0.3, -0.25) is 11.0 Å². The van der Waals surface area contributed by atoms with Crippen molar-refractivity contribution in [1.29, 1.82) is 0 Å². The third-order valence-corrected chi connectivity index (χ3v) is 1.38. The van der Waals surface area contributed by atoms with Gasteiger partial charge in [0.15, 0.2) is 0 Å². The molecule has 0 aromatic carbocycles. The van der Waals surface area contributed by atoms with Crippen molar-refractivity contribution in [1.82, 2.24) is 9.97 Å². The first kappa shape index (κ1) is 7.68. The van der Waals surface area contributed by atoms with E-state index in [9.17, 15) is 0 Å². The van der Waals surface area contributed by atoms with Crippen LogP contribution in [0.25, 0.3) is 0 Å². The molecule has 0 bridgehead atoms. The second-order valence-corrected chi connectivity index (χ2v) is 4.82. The normalized spacial score (nSPS) is 11.4. The lowest BCUT2D eigenvalue weighted by atomic mass is 11.0.